The standard InChI is InChI=1S/C12H15N3O3S/c1-9-6-12(14-18-9)8-19(16,17)15-11-4-2-10(7-13)3-5-11/h2-6,15H,7-8,13H2,1H3. The maximum atomic E-state index is 11.9. The van der Waals surface area contributed by atoms with Crippen molar-refractivity contribution in [2.24, 2.45) is 5.73 Å². The van der Waals surface area contributed by atoms with E-state index in [1.54, 1.807) is 37.3 Å². The van der Waals surface area contributed by atoms with E-state index in [1.807, 2.05) is 0 Å². The molecule has 0 saturated heterocycles. The number of nitrogens with zero attached hydrogens (tertiary/aromatic N) is 1. The zero-order valence-electron chi connectivity index (χ0n) is 10.5. The van der Waals surface area contributed by atoms with Crippen LogP contribution < -0.4 is 10.5 Å². The summed E-state index contributed by atoms with van der Waals surface area (Å²) in [6.45, 7) is 2.13. The van der Waals surface area contributed by atoms with Gasteiger partial charge in [0, 0.05) is 18.3 Å². The zero-order valence-corrected chi connectivity index (χ0v) is 11.3. The summed E-state index contributed by atoms with van der Waals surface area (Å²) in [5.74, 6) is 0.362. The predicted octanol–water partition coefficient (Wildman–Crippen LogP) is 1.38. The van der Waals surface area contributed by atoms with Crippen LogP contribution in [0.2, 0.25) is 0 Å². The molecule has 0 aliphatic carbocycles. The average molecular weight is 281 g/mol. The number of hydrogen-bond donors (Lipinski definition) is 2. The Hall–Kier alpha value is -1.86. The Morgan fingerprint density at radius 2 is 2.00 bits per heavy atom. The van der Waals surface area contributed by atoms with Crippen LogP contribution in [0, 0.1) is 6.92 Å². The minimum absolute atomic E-state index is 0.219. The molecule has 0 saturated carbocycles. The van der Waals surface area contributed by atoms with Gasteiger partial charge in [-0.05, 0) is 24.6 Å². The fraction of sp³-hybridized carbons (Fsp3) is 0.250. The molecule has 0 unspecified atom stereocenters. The lowest BCUT2D eigenvalue weighted by Crippen LogP contribution is -2.15. The topological polar surface area (TPSA) is 98.2 Å². The van der Waals surface area contributed by atoms with E-state index in [4.69, 9.17) is 10.3 Å². The van der Waals surface area contributed by atoms with E-state index in [-0.39, 0.29) is 5.75 Å². The molecule has 1 aromatic heterocycles. The molecule has 0 aliphatic rings. The van der Waals surface area contributed by atoms with Crippen LogP contribution in [0.4, 0.5) is 5.69 Å². The highest BCUT2D eigenvalue weighted by Gasteiger charge is 2.14. The molecule has 0 atom stereocenters. The molecular formula is C12H15N3O3S. The van der Waals surface area contributed by atoms with Gasteiger partial charge in [0.1, 0.15) is 17.2 Å². The highest BCUT2D eigenvalue weighted by atomic mass is 32.2. The summed E-state index contributed by atoms with van der Waals surface area (Å²) in [7, 11) is -3.50. The lowest BCUT2D eigenvalue weighted by molar-refractivity contribution is 0.392. The van der Waals surface area contributed by atoms with Crippen LogP contribution in [0.3, 0.4) is 0 Å². The maximum absolute atomic E-state index is 11.9. The summed E-state index contributed by atoms with van der Waals surface area (Å²) in [5.41, 5.74) is 7.29. The molecule has 0 spiro atoms. The molecule has 102 valence electrons. The third-order valence-corrected chi connectivity index (χ3v) is 3.70. The van der Waals surface area contributed by atoms with E-state index >= 15 is 0 Å². The molecule has 2 rings (SSSR count). The molecule has 0 aliphatic heterocycles. The second kappa shape index (κ2) is 5.41. The first-order valence-electron chi connectivity index (χ1n) is 5.70. The van der Waals surface area contributed by atoms with Gasteiger partial charge in [0.15, 0.2) is 0 Å². The molecule has 1 heterocycles. The van der Waals surface area contributed by atoms with E-state index < -0.39 is 10.0 Å². The Balaban J connectivity index is 2.07. The number of benzene rings is 1. The molecule has 6 nitrogen and oxygen atoms in total. The summed E-state index contributed by atoms with van der Waals surface area (Å²) in [6, 6.07) is 8.49. The lowest BCUT2D eigenvalue weighted by Gasteiger charge is -2.07. The molecule has 0 amide bonds. The fourth-order valence-electron chi connectivity index (χ4n) is 1.61. The highest BCUT2D eigenvalue weighted by molar-refractivity contribution is 7.91. The molecule has 0 fully saturated rings. The molecule has 1 aromatic carbocycles. The number of nitrogens with two attached hydrogens (primary N) is 1. The molecule has 0 radical (unpaired) electrons. The van der Waals surface area contributed by atoms with Gasteiger partial charge in [0.2, 0.25) is 10.0 Å². The van der Waals surface area contributed by atoms with Gasteiger partial charge < -0.3 is 10.3 Å². The van der Waals surface area contributed by atoms with Crippen molar-refractivity contribution in [1.29, 1.82) is 0 Å². The average Bonchev–Trinajstić information content (AvgIpc) is 2.74. The van der Waals surface area contributed by atoms with Crippen molar-refractivity contribution in [3.63, 3.8) is 0 Å². The first-order chi connectivity index (χ1) is 8.98. The van der Waals surface area contributed by atoms with E-state index in [1.165, 1.54) is 0 Å². The minimum atomic E-state index is -3.50. The Morgan fingerprint density at radius 1 is 1.32 bits per heavy atom. The SMILES string of the molecule is Cc1cc(CS(=O)(=O)Nc2ccc(CN)cc2)no1. The van der Waals surface area contributed by atoms with Crippen LogP contribution in [-0.2, 0) is 22.3 Å². The van der Waals surface area contributed by atoms with Crippen molar-refractivity contribution < 1.29 is 12.9 Å². The normalized spacial score (nSPS) is 11.5. The predicted molar refractivity (Wildman–Crippen MR) is 71.8 cm³/mol. The van der Waals surface area contributed by atoms with Gasteiger partial charge in [-0.2, -0.15) is 0 Å². The van der Waals surface area contributed by atoms with Crippen LogP contribution in [0.25, 0.3) is 0 Å². The number of hydrogen-bond acceptors (Lipinski definition) is 5. The zero-order chi connectivity index (χ0) is 13.9. The van der Waals surface area contributed by atoms with Crippen molar-refractivity contribution in [2.45, 2.75) is 19.2 Å². The lowest BCUT2D eigenvalue weighted by atomic mass is 10.2. The van der Waals surface area contributed by atoms with E-state index in [9.17, 15) is 8.42 Å². The molecular weight excluding hydrogens is 266 g/mol. The highest BCUT2D eigenvalue weighted by Crippen LogP contribution is 2.14. The molecule has 7 heteroatoms. The first-order valence-corrected chi connectivity index (χ1v) is 7.35. The van der Waals surface area contributed by atoms with Gasteiger partial charge >= 0.3 is 0 Å². The van der Waals surface area contributed by atoms with E-state index in [0.717, 1.165) is 5.56 Å². The Kier molecular flexibility index (Phi) is 3.87. The summed E-state index contributed by atoms with van der Waals surface area (Å²) in [6.07, 6.45) is 0. The van der Waals surface area contributed by atoms with Crippen molar-refractivity contribution in [3.8, 4) is 0 Å². The minimum Gasteiger partial charge on any atom is -0.361 e. The van der Waals surface area contributed by atoms with Gasteiger partial charge in [-0.3, -0.25) is 4.72 Å². The number of aryl methyl sites for hydroxylation is 1. The van der Waals surface area contributed by atoms with Crippen molar-refractivity contribution in [3.05, 3.63) is 47.3 Å². The van der Waals surface area contributed by atoms with E-state index in [2.05, 4.69) is 9.88 Å². The number of nitrogens with one attached hydrogen (secondary N) is 1. The summed E-state index contributed by atoms with van der Waals surface area (Å²) >= 11 is 0. The molecule has 2 aromatic rings. The molecule has 3 N–H and O–H groups in total. The molecule has 19 heavy (non-hydrogen) atoms. The Labute approximate surface area is 111 Å². The quantitative estimate of drug-likeness (QED) is 0.862. The number of rotatable bonds is 5. The monoisotopic (exact) mass is 281 g/mol. The Bertz CT molecular complexity index is 647. The summed E-state index contributed by atoms with van der Waals surface area (Å²) in [5, 5.41) is 3.66. The van der Waals surface area contributed by atoms with Gasteiger partial charge in [-0.25, -0.2) is 8.42 Å². The summed E-state index contributed by atoms with van der Waals surface area (Å²) in [4.78, 5) is 0. The van der Waals surface area contributed by atoms with Crippen LogP contribution >= 0.6 is 0 Å². The summed E-state index contributed by atoms with van der Waals surface area (Å²) < 4.78 is 31.1. The second-order valence-corrected chi connectivity index (χ2v) is 5.91. The van der Waals surface area contributed by atoms with Gasteiger partial charge in [0.05, 0.1) is 0 Å². The maximum Gasteiger partial charge on any atom is 0.238 e. The third kappa shape index (κ3) is 3.80. The second-order valence-electron chi connectivity index (χ2n) is 4.19. The van der Waals surface area contributed by atoms with Crippen molar-refractivity contribution >= 4 is 15.7 Å². The van der Waals surface area contributed by atoms with Gasteiger partial charge in [-0.1, -0.05) is 17.3 Å². The van der Waals surface area contributed by atoms with Gasteiger partial charge in [0.25, 0.3) is 0 Å². The van der Waals surface area contributed by atoms with Crippen LogP contribution in [0.15, 0.2) is 34.9 Å². The number of anilines is 1. The smallest absolute Gasteiger partial charge is 0.238 e. The van der Waals surface area contributed by atoms with Crippen molar-refractivity contribution in [2.75, 3.05) is 4.72 Å². The van der Waals surface area contributed by atoms with Crippen LogP contribution in [0.5, 0.6) is 0 Å². The largest absolute Gasteiger partial charge is 0.361 e. The first kappa shape index (κ1) is 13.6. The third-order valence-electron chi connectivity index (χ3n) is 2.48. The van der Waals surface area contributed by atoms with Gasteiger partial charge in [-0.15, -0.1) is 0 Å². The number of aromatic nitrogens is 1. The van der Waals surface area contributed by atoms with Crippen molar-refractivity contribution in [1.82, 2.24) is 5.16 Å². The van der Waals surface area contributed by atoms with Crippen LogP contribution in [-0.4, -0.2) is 13.6 Å². The number of sulfonamides is 1. The van der Waals surface area contributed by atoms with Crippen LogP contribution in [0.1, 0.15) is 17.0 Å². The molecule has 0 bridgehead atoms. The fourth-order valence-corrected chi connectivity index (χ4v) is 2.70. The Morgan fingerprint density at radius 3 is 2.53 bits per heavy atom. The van der Waals surface area contributed by atoms with E-state index in [0.29, 0.717) is 23.7 Å².